The molecular formula is C21H22Cl2O2. The van der Waals surface area contributed by atoms with Crippen LogP contribution in [-0.4, -0.2) is 6.47 Å². The van der Waals surface area contributed by atoms with E-state index in [1.54, 1.807) is 12.1 Å². The molecule has 2 aromatic carbocycles. The van der Waals surface area contributed by atoms with Crippen LogP contribution in [0.15, 0.2) is 61.2 Å². The number of hydrogen-bond acceptors (Lipinski definition) is 2. The summed E-state index contributed by atoms with van der Waals surface area (Å²) in [6.07, 6.45) is 3.25. The molecule has 0 aliphatic rings. The fourth-order valence-electron chi connectivity index (χ4n) is 3.10. The molecule has 4 heteroatoms. The fraction of sp³-hybridized carbons (Fsp3) is 0.286. The highest BCUT2D eigenvalue weighted by Crippen LogP contribution is 2.40. The Kier molecular flexibility index (Phi) is 7.54. The zero-order valence-corrected chi connectivity index (χ0v) is 15.7. The molecule has 0 bridgehead atoms. The number of halogens is 2. The molecule has 0 heterocycles. The quantitative estimate of drug-likeness (QED) is 0.364. The summed E-state index contributed by atoms with van der Waals surface area (Å²) in [6.45, 7) is 6.50. The van der Waals surface area contributed by atoms with Crippen molar-refractivity contribution in [1.29, 1.82) is 0 Å². The van der Waals surface area contributed by atoms with E-state index < -0.39 is 6.10 Å². The maximum absolute atomic E-state index is 11.2. The van der Waals surface area contributed by atoms with Crippen LogP contribution < -0.4 is 0 Å². The lowest BCUT2D eigenvalue weighted by atomic mass is 9.82. The van der Waals surface area contributed by atoms with Gasteiger partial charge in [0.15, 0.2) is 0 Å². The Balaban J connectivity index is 2.43. The van der Waals surface area contributed by atoms with Crippen molar-refractivity contribution >= 4 is 29.7 Å². The zero-order valence-electron chi connectivity index (χ0n) is 14.2. The molecule has 2 aromatic rings. The van der Waals surface area contributed by atoms with Crippen LogP contribution in [-0.2, 0) is 9.53 Å². The molecule has 0 spiro atoms. The molecule has 0 amide bonds. The van der Waals surface area contributed by atoms with Gasteiger partial charge >= 0.3 is 0 Å². The second-order valence-corrected chi connectivity index (χ2v) is 7.10. The van der Waals surface area contributed by atoms with Crippen LogP contribution in [0.3, 0.4) is 0 Å². The Labute approximate surface area is 159 Å². The van der Waals surface area contributed by atoms with Crippen LogP contribution in [0.1, 0.15) is 42.9 Å². The highest BCUT2D eigenvalue weighted by atomic mass is 35.5. The van der Waals surface area contributed by atoms with Gasteiger partial charge in [0, 0.05) is 16.0 Å². The second kappa shape index (κ2) is 9.65. The highest BCUT2D eigenvalue weighted by molar-refractivity contribution is 6.30. The molecule has 0 aliphatic carbocycles. The molecule has 0 N–H and O–H groups in total. The third-order valence-electron chi connectivity index (χ3n) is 4.27. The van der Waals surface area contributed by atoms with E-state index in [4.69, 9.17) is 27.9 Å². The molecule has 0 radical (unpaired) electrons. The van der Waals surface area contributed by atoms with E-state index in [9.17, 15) is 4.79 Å². The van der Waals surface area contributed by atoms with Crippen LogP contribution in [0.4, 0.5) is 0 Å². The average molecular weight is 377 g/mol. The SMILES string of the molecule is C=CC[C@H](C)C[C@H](c1cccc(Cl)c1)[C@@H](OC=O)c1ccc(Cl)cc1. The van der Waals surface area contributed by atoms with Crippen LogP contribution >= 0.6 is 23.2 Å². The summed E-state index contributed by atoms with van der Waals surface area (Å²) in [6, 6.07) is 15.1. The number of carbonyl (C=O) groups is 1. The maximum atomic E-state index is 11.2. The molecule has 0 aromatic heterocycles. The van der Waals surface area contributed by atoms with Crippen LogP contribution in [0.5, 0.6) is 0 Å². The number of hydrogen-bond donors (Lipinski definition) is 0. The summed E-state index contributed by atoms with van der Waals surface area (Å²) >= 11 is 12.2. The normalized spacial score (nSPS) is 14.4. The molecule has 0 saturated heterocycles. The van der Waals surface area contributed by atoms with E-state index >= 15 is 0 Å². The topological polar surface area (TPSA) is 26.3 Å². The molecule has 0 aliphatic heterocycles. The van der Waals surface area contributed by atoms with Crippen molar-refractivity contribution in [2.75, 3.05) is 0 Å². The van der Waals surface area contributed by atoms with Gasteiger partial charge in [-0.3, -0.25) is 4.79 Å². The molecule has 0 unspecified atom stereocenters. The zero-order chi connectivity index (χ0) is 18.2. The summed E-state index contributed by atoms with van der Waals surface area (Å²) in [5, 5.41) is 1.31. The maximum Gasteiger partial charge on any atom is 0.293 e. The minimum atomic E-state index is -0.402. The smallest absolute Gasteiger partial charge is 0.293 e. The number of carbonyl (C=O) groups excluding carboxylic acids is 1. The first-order valence-corrected chi connectivity index (χ1v) is 9.01. The van der Waals surface area contributed by atoms with Gasteiger partial charge < -0.3 is 4.74 Å². The molecule has 2 rings (SSSR count). The van der Waals surface area contributed by atoms with Gasteiger partial charge in [-0.15, -0.1) is 6.58 Å². The molecule has 132 valence electrons. The summed E-state index contributed by atoms with van der Waals surface area (Å²) < 4.78 is 5.51. The lowest BCUT2D eigenvalue weighted by molar-refractivity contribution is -0.135. The monoisotopic (exact) mass is 376 g/mol. The lowest BCUT2D eigenvalue weighted by Crippen LogP contribution is -2.17. The Hall–Kier alpha value is -1.77. The van der Waals surface area contributed by atoms with Crippen molar-refractivity contribution in [2.24, 2.45) is 5.92 Å². The summed E-state index contributed by atoms with van der Waals surface area (Å²) in [4.78, 5) is 11.2. The summed E-state index contributed by atoms with van der Waals surface area (Å²) in [5.41, 5.74) is 1.96. The molecule has 0 saturated carbocycles. The number of allylic oxidation sites excluding steroid dienone is 1. The van der Waals surface area contributed by atoms with Crippen LogP contribution in [0.2, 0.25) is 10.0 Å². The van der Waals surface area contributed by atoms with Crippen molar-refractivity contribution in [1.82, 2.24) is 0 Å². The van der Waals surface area contributed by atoms with E-state index in [-0.39, 0.29) is 5.92 Å². The first-order valence-electron chi connectivity index (χ1n) is 8.26. The van der Waals surface area contributed by atoms with E-state index in [1.807, 2.05) is 42.5 Å². The number of benzene rings is 2. The molecule has 2 nitrogen and oxygen atoms in total. The Morgan fingerprint density at radius 1 is 1.08 bits per heavy atom. The standard InChI is InChI=1S/C21H22Cl2O2/c1-3-5-15(2)12-20(17-6-4-7-19(23)13-17)21(25-14-24)16-8-10-18(22)11-9-16/h3-4,6-11,13-15,20-21H,1,5,12H2,2H3/t15-,20+,21-/m0/s1. The van der Waals surface area contributed by atoms with Crippen molar-refractivity contribution in [3.63, 3.8) is 0 Å². The summed E-state index contributed by atoms with van der Waals surface area (Å²) in [7, 11) is 0. The van der Waals surface area contributed by atoms with Gasteiger partial charge in [-0.2, -0.15) is 0 Å². The number of rotatable bonds is 9. The van der Waals surface area contributed by atoms with Gasteiger partial charge in [-0.1, -0.05) is 60.5 Å². The summed E-state index contributed by atoms with van der Waals surface area (Å²) in [5.74, 6) is 0.381. The van der Waals surface area contributed by atoms with E-state index in [2.05, 4.69) is 13.5 Å². The highest BCUT2D eigenvalue weighted by Gasteiger charge is 2.28. The molecular weight excluding hydrogens is 355 g/mol. The first kappa shape index (κ1) is 19.6. The third-order valence-corrected chi connectivity index (χ3v) is 4.76. The van der Waals surface area contributed by atoms with Crippen molar-refractivity contribution in [3.8, 4) is 0 Å². The minimum absolute atomic E-state index is 0.0139. The van der Waals surface area contributed by atoms with Crippen LogP contribution in [0.25, 0.3) is 0 Å². The van der Waals surface area contributed by atoms with Crippen LogP contribution in [0, 0.1) is 5.92 Å². The lowest BCUT2D eigenvalue weighted by Gasteiger charge is -2.29. The number of ether oxygens (including phenoxy) is 1. The van der Waals surface area contributed by atoms with Crippen molar-refractivity contribution in [2.45, 2.75) is 31.8 Å². The third kappa shape index (κ3) is 5.62. The Morgan fingerprint density at radius 3 is 2.40 bits per heavy atom. The Bertz CT molecular complexity index is 697. The van der Waals surface area contributed by atoms with E-state index in [1.165, 1.54) is 0 Å². The van der Waals surface area contributed by atoms with Gasteiger partial charge in [-0.05, 0) is 54.2 Å². The first-order chi connectivity index (χ1) is 12.0. The Morgan fingerprint density at radius 2 is 1.80 bits per heavy atom. The van der Waals surface area contributed by atoms with Gasteiger partial charge in [0.1, 0.15) is 6.10 Å². The fourth-order valence-corrected chi connectivity index (χ4v) is 3.43. The van der Waals surface area contributed by atoms with Gasteiger partial charge in [0.05, 0.1) is 0 Å². The molecule has 0 fully saturated rings. The van der Waals surface area contributed by atoms with Gasteiger partial charge in [0.25, 0.3) is 6.47 Å². The average Bonchev–Trinajstić information content (AvgIpc) is 2.59. The predicted molar refractivity (Wildman–Crippen MR) is 104 cm³/mol. The second-order valence-electron chi connectivity index (χ2n) is 6.23. The predicted octanol–water partition coefficient (Wildman–Crippen LogP) is 6.59. The van der Waals surface area contributed by atoms with Gasteiger partial charge in [-0.25, -0.2) is 0 Å². The minimum Gasteiger partial charge on any atom is -0.459 e. The van der Waals surface area contributed by atoms with E-state index in [0.717, 1.165) is 24.0 Å². The van der Waals surface area contributed by atoms with Crippen molar-refractivity contribution < 1.29 is 9.53 Å². The van der Waals surface area contributed by atoms with E-state index in [0.29, 0.717) is 22.4 Å². The van der Waals surface area contributed by atoms with Crippen molar-refractivity contribution in [3.05, 3.63) is 82.4 Å². The largest absolute Gasteiger partial charge is 0.459 e. The molecule has 25 heavy (non-hydrogen) atoms. The molecule has 3 atom stereocenters. The van der Waals surface area contributed by atoms with Gasteiger partial charge in [0.2, 0.25) is 0 Å².